The van der Waals surface area contributed by atoms with Crippen molar-refractivity contribution in [1.82, 2.24) is 9.55 Å². The van der Waals surface area contributed by atoms with Crippen LogP contribution in [0.25, 0.3) is 20.7 Å². The second-order valence-electron chi connectivity index (χ2n) is 7.42. The predicted molar refractivity (Wildman–Crippen MR) is 138 cm³/mol. The summed E-state index contributed by atoms with van der Waals surface area (Å²) in [7, 11) is 0. The maximum absolute atomic E-state index is 13.4. The minimum Gasteiger partial charge on any atom is -0.316 e. The molecule has 0 radical (unpaired) electrons. The van der Waals surface area contributed by atoms with Crippen LogP contribution in [0, 0.1) is 11.3 Å². The Morgan fingerprint density at radius 1 is 1.39 bits per heavy atom. The van der Waals surface area contributed by atoms with Crippen molar-refractivity contribution in [2.75, 3.05) is 11.1 Å². The number of hydrogen-bond acceptors (Lipinski definition) is 8. The highest BCUT2D eigenvalue weighted by Crippen LogP contribution is 2.39. The van der Waals surface area contributed by atoms with Gasteiger partial charge >= 0.3 is 0 Å². The van der Waals surface area contributed by atoms with Gasteiger partial charge in [-0.1, -0.05) is 23.9 Å². The van der Waals surface area contributed by atoms with Crippen LogP contribution in [0.15, 0.2) is 45.5 Å². The van der Waals surface area contributed by atoms with Crippen molar-refractivity contribution in [2.45, 2.75) is 31.0 Å². The molecule has 33 heavy (non-hydrogen) atoms. The monoisotopic (exact) mass is 510 g/mol. The average Bonchev–Trinajstić information content (AvgIpc) is 3.58. The van der Waals surface area contributed by atoms with E-state index in [1.54, 1.807) is 22.0 Å². The fourth-order valence-electron chi connectivity index (χ4n) is 3.92. The van der Waals surface area contributed by atoms with E-state index in [1.807, 2.05) is 22.9 Å². The molecule has 166 valence electrons. The Kier molecular flexibility index (Phi) is 6.21. The van der Waals surface area contributed by atoms with Crippen LogP contribution in [0.4, 0.5) is 5.00 Å². The molecular weight excluding hydrogens is 493 g/mol. The summed E-state index contributed by atoms with van der Waals surface area (Å²) in [6.45, 7) is 4.08. The zero-order valence-electron chi connectivity index (χ0n) is 17.4. The number of aromatic nitrogens is 2. The molecule has 0 atom stereocenters. The Balaban J connectivity index is 1.40. The molecule has 6 nitrogen and oxygen atoms in total. The van der Waals surface area contributed by atoms with Crippen LogP contribution in [0.3, 0.4) is 0 Å². The van der Waals surface area contributed by atoms with Crippen LogP contribution in [-0.2, 0) is 24.2 Å². The van der Waals surface area contributed by atoms with Gasteiger partial charge in [0.15, 0.2) is 5.16 Å². The van der Waals surface area contributed by atoms with E-state index in [0.29, 0.717) is 32.5 Å². The Bertz CT molecular complexity index is 1470. The van der Waals surface area contributed by atoms with Crippen LogP contribution in [0.1, 0.15) is 22.4 Å². The Labute approximate surface area is 206 Å². The predicted octanol–water partition coefficient (Wildman–Crippen LogP) is 5.53. The molecule has 5 rings (SSSR count). The maximum atomic E-state index is 13.4. The molecule has 4 aromatic heterocycles. The second-order valence-corrected chi connectivity index (χ2v) is 11.3. The van der Waals surface area contributed by atoms with Gasteiger partial charge in [0.25, 0.3) is 5.56 Å². The van der Waals surface area contributed by atoms with Crippen LogP contribution in [-0.4, -0.2) is 21.2 Å². The first kappa shape index (κ1) is 22.1. The number of hydrogen-bond donors (Lipinski definition) is 1. The number of carbonyl (C=O) groups excluding carboxylic acids is 1. The number of anilines is 1. The van der Waals surface area contributed by atoms with Crippen molar-refractivity contribution >= 4 is 66.9 Å². The topological polar surface area (TPSA) is 87.8 Å². The molecule has 1 amide bonds. The summed E-state index contributed by atoms with van der Waals surface area (Å²) in [5.41, 5.74) is 2.43. The van der Waals surface area contributed by atoms with E-state index in [-0.39, 0.29) is 17.2 Å². The number of carbonyl (C=O) groups is 1. The molecule has 0 aliphatic heterocycles. The van der Waals surface area contributed by atoms with Crippen molar-refractivity contribution < 1.29 is 4.79 Å². The molecule has 1 N–H and O–H groups in total. The van der Waals surface area contributed by atoms with Crippen molar-refractivity contribution in [3.05, 3.63) is 61.9 Å². The number of fused-ring (bicyclic) bond motifs is 2. The van der Waals surface area contributed by atoms with Crippen molar-refractivity contribution in [2.24, 2.45) is 0 Å². The lowest BCUT2D eigenvalue weighted by atomic mass is 10.1. The summed E-state index contributed by atoms with van der Waals surface area (Å²) in [6.07, 6.45) is 4.57. The van der Waals surface area contributed by atoms with Crippen LogP contribution < -0.4 is 10.9 Å². The van der Waals surface area contributed by atoms with Crippen molar-refractivity contribution in [1.29, 1.82) is 5.26 Å². The zero-order valence-corrected chi connectivity index (χ0v) is 20.7. The summed E-state index contributed by atoms with van der Waals surface area (Å²) in [4.78, 5) is 33.6. The van der Waals surface area contributed by atoms with E-state index < -0.39 is 0 Å². The van der Waals surface area contributed by atoms with Crippen LogP contribution in [0.5, 0.6) is 0 Å². The normalized spacial score (nSPS) is 12.6. The number of aryl methyl sites for hydroxylation is 1. The Hall–Kier alpha value is -2.71. The molecule has 1 aliphatic carbocycles. The first-order valence-electron chi connectivity index (χ1n) is 10.2. The minimum atomic E-state index is -0.221. The molecule has 1 aliphatic rings. The van der Waals surface area contributed by atoms with Crippen molar-refractivity contribution in [3.8, 4) is 16.5 Å². The van der Waals surface area contributed by atoms with Crippen LogP contribution >= 0.6 is 45.8 Å². The molecule has 0 saturated heterocycles. The summed E-state index contributed by atoms with van der Waals surface area (Å²) in [5, 5.41) is 18.1. The highest BCUT2D eigenvalue weighted by molar-refractivity contribution is 7.99. The lowest BCUT2D eigenvalue weighted by Crippen LogP contribution is -2.23. The summed E-state index contributed by atoms with van der Waals surface area (Å²) in [5.74, 6) is -0.132. The third-order valence-corrected chi connectivity index (χ3v) is 9.33. The van der Waals surface area contributed by atoms with Gasteiger partial charge in [0.2, 0.25) is 5.91 Å². The van der Waals surface area contributed by atoms with Gasteiger partial charge in [-0.05, 0) is 36.3 Å². The number of nitrogens with zero attached hydrogens (tertiary/aromatic N) is 3. The number of nitriles is 1. The van der Waals surface area contributed by atoms with Gasteiger partial charge in [-0.15, -0.1) is 40.6 Å². The zero-order chi connectivity index (χ0) is 22.9. The van der Waals surface area contributed by atoms with Crippen molar-refractivity contribution in [3.63, 3.8) is 0 Å². The number of nitrogens with one attached hydrogen (secondary N) is 1. The average molecular weight is 511 g/mol. The van der Waals surface area contributed by atoms with Gasteiger partial charge in [-0.25, -0.2) is 4.98 Å². The molecule has 0 unspecified atom stereocenters. The highest BCUT2D eigenvalue weighted by Gasteiger charge is 2.23. The van der Waals surface area contributed by atoms with E-state index >= 15 is 0 Å². The molecule has 0 bridgehead atoms. The van der Waals surface area contributed by atoms with Gasteiger partial charge < -0.3 is 5.32 Å². The first-order chi connectivity index (χ1) is 16.1. The molecular formula is C23H18N4O2S4. The molecule has 0 saturated carbocycles. The Morgan fingerprint density at radius 2 is 2.27 bits per heavy atom. The minimum absolute atomic E-state index is 0.0890. The summed E-state index contributed by atoms with van der Waals surface area (Å²) in [6, 6.07) is 6.20. The van der Waals surface area contributed by atoms with Gasteiger partial charge in [0.1, 0.15) is 15.9 Å². The number of thioether (sulfide) groups is 1. The lowest BCUT2D eigenvalue weighted by Gasteiger charge is -2.10. The van der Waals surface area contributed by atoms with E-state index in [2.05, 4.69) is 18.0 Å². The summed E-state index contributed by atoms with van der Waals surface area (Å²) >= 11 is 5.73. The van der Waals surface area contributed by atoms with E-state index in [1.165, 1.54) is 39.3 Å². The van der Waals surface area contributed by atoms with Gasteiger partial charge in [0.05, 0.1) is 16.7 Å². The third-order valence-electron chi connectivity index (χ3n) is 5.38. The second kappa shape index (κ2) is 9.27. The van der Waals surface area contributed by atoms with Crippen LogP contribution in [0.2, 0.25) is 0 Å². The van der Waals surface area contributed by atoms with E-state index in [9.17, 15) is 14.9 Å². The fraction of sp³-hybridized carbons (Fsp3) is 0.217. The molecule has 0 aromatic carbocycles. The number of amides is 1. The molecule has 10 heteroatoms. The van der Waals surface area contributed by atoms with Gasteiger partial charge in [-0.3, -0.25) is 14.2 Å². The number of rotatable bonds is 7. The van der Waals surface area contributed by atoms with E-state index in [0.717, 1.165) is 35.3 Å². The van der Waals surface area contributed by atoms with E-state index in [4.69, 9.17) is 4.98 Å². The quantitative estimate of drug-likeness (QED) is 0.201. The largest absolute Gasteiger partial charge is 0.316 e. The number of thiophene rings is 3. The maximum Gasteiger partial charge on any atom is 0.263 e. The lowest BCUT2D eigenvalue weighted by molar-refractivity contribution is -0.113. The smallest absolute Gasteiger partial charge is 0.263 e. The first-order valence-corrected chi connectivity index (χ1v) is 13.8. The third kappa shape index (κ3) is 4.06. The molecule has 4 heterocycles. The SMILES string of the molecule is C=CCn1c(SCC(=O)Nc2sc3c(c2C#N)CCC3)nc2scc(-c3cccs3)c2c1=O. The van der Waals surface area contributed by atoms with Gasteiger partial charge in [-0.2, -0.15) is 5.26 Å². The Morgan fingerprint density at radius 3 is 3.03 bits per heavy atom. The fourth-order valence-corrected chi connectivity index (χ4v) is 7.79. The highest BCUT2D eigenvalue weighted by atomic mass is 32.2. The van der Waals surface area contributed by atoms with Gasteiger partial charge in [0, 0.05) is 27.2 Å². The standard InChI is InChI=1S/C23H18N4O2S4/c1-2-8-27-22(29)19-15(16-7-4-9-30-16)11-31-21(19)26-23(27)32-12-18(28)25-20-14(10-24)13-5-3-6-17(13)33-20/h2,4,7,9,11H,1,3,5-6,8,12H2,(H,25,28). The molecule has 0 spiro atoms. The number of allylic oxidation sites excluding steroid dienone is 1. The molecule has 0 fully saturated rings. The molecule has 4 aromatic rings. The summed E-state index contributed by atoms with van der Waals surface area (Å²) < 4.78 is 1.57.